The van der Waals surface area contributed by atoms with Crippen LogP contribution >= 0.6 is 0 Å². The lowest BCUT2D eigenvalue weighted by molar-refractivity contribution is -0.140. The van der Waals surface area contributed by atoms with Crippen molar-refractivity contribution >= 4 is 22.3 Å². The molecule has 0 spiro atoms. The van der Waals surface area contributed by atoms with Gasteiger partial charge in [0.1, 0.15) is 5.54 Å². The zero-order valence-electron chi connectivity index (χ0n) is 14.2. The van der Waals surface area contributed by atoms with Gasteiger partial charge in [-0.25, -0.2) is 4.79 Å². The fourth-order valence-corrected chi connectivity index (χ4v) is 5.30. The third-order valence-electron chi connectivity index (χ3n) is 5.26. The number of rotatable bonds is 5. The Labute approximate surface area is 151 Å². The summed E-state index contributed by atoms with van der Waals surface area (Å²) in [5.41, 5.74) is -0.829. The quantitative estimate of drug-likeness (QED) is 0.674. The van der Waals surface area contributed by atoms with Gasteiger partial charge >= 0.3 is 12.1 Å². The Morgan fingerprint density at radius 3 is 2.19 bits per heavy atom. The van der Waals surface area contributed by atoms with Gasteiger partial charge in [-0.05, 0) is 11.5 Å². The number of carboxylic acids is 1. The lowest BCUT2D eigenvalue weighted by Crippen LogP contribution is -2.57. The second-order valence-corrected chi connectivity index (χ2v) is 8.30. The van der Waals surface area contributed by atoms with Crippen molar-refractivity contribution in [3.05, 3.63) is 35.9 Å². The van der Waals surface area contributed by atoms with Gasteiger partial charge in [0, 0.05) is 32.1 Å². The summed E-state index contributed by atoms with van der Waals surface area (Å²) in [6.45, 7) is 1.78. The number of carbonyl (C=O) groups is 2. The Bertz CT molecular complexity index is 807. The van der Waals surface area contributed by atoms with E-state index in [4.69, 9.17) is 5.11 Å². The predicted octanol–water partition coefficient (Wildman–Crippen LogP) is 0.373. The van der Waals surface area contributed by atoms with Crippen LogP contribution in [0.4, 0.5) is 4.79 Å². The molecule has 26 heavy (non-hydrogen) atoms. The lowest BCUT2D eigenvalue weighted by Gasteiger charge is -2.33. The van der Waals surface area contributed by atoms with Gasteiger partial charge in [0.25, 0.3) is 10.2 Å². The third kappa shape index (κ3) is 3.04. The van der Waals surface area contributed by atoms with Crippen LogP contribution in [0.15, 0.2) is 30.3 Å². The van der Waals surface area contributed by atoms with Crippen molar-refractivity contribution in [1.82, 2.24) is 13.9 Å². The van der Waals surface area contributed by atoms with E-state index in [0.717, 1.165) is 14.8 Å². The fraction of sp³-hybridized carbons (Fsp3) is 0.500. The zero-order valence-corrected chi connectivity index (χ0v) is 15.0. The van der Waals surface area contributed by atoms with Crippen molar-refractivity contribution in [1.29, 1.82) is 0 Å². The molecule has 3 atom stereocenters. The van der Waals surface area contributed by atoms with E-state index in [9.17, 15) is 23.1 Å². The van der Waals surface area contributed by atoms with Crippen LogP contribution in [-0.2, 0) is 15.0 Å². The molecule has 1 aliphatic carbocycles. The van der Waals surface area contributed by atoms with Crippen LogP contribution in [0.3, 0.4) is 0 Å². The Morgan fingerprint density at radius 1 is 1.12 bits per heavy atom. The van der Waals surface area contributed by atoms with Crippen molar-refractivity contribution < 1.29 is 28.2 Å². The maximum Gasteiger partial charge on any atom is 0.407 e. The first kappa shape index (κ1) is 18.6. The molecule has 10 heteroatoms. The first-order valence-electron chi connectivity index (χ1n) is 8.25. The lowest BCUT2D eigenvalue weighted by atomic mass is 10.1. The maximum atomic E-state index is 12.7. The minimum absolute atomic E-state index is 0.0122. The number of carboxylic acid groups (broad SMARTS) is 2. The van der Waals surface area contributed by atoms with E-state index in [-0.39, 0.29) is 26.2 Å². The first-order valence-corrected chi connectivity index (χ1v) is 9.69. The summed E-state index contributed by atoms with van der Waals surface area (Å²) in [5.74, 6) is -2.08. The highest BCUT2D eigenvalue weighted by molar-refractivity contribution is 7.87. The topological polar surface area (TPSA) is 127 Å². The normalized spacial score (nSPS) is 29.3. The van der Waals surface area contributed by atoms with Crippen LogP contribution < -0.4 is 4.72 Å². The first-order chi connectivity index (χ1) is 12.2. The molecule has 142 valence electrons. The fourth-order valence-electron chi connectivity index (χ4n) is 3.70. The van der Waals surface area contributed by atoms with E-state index in [1.54, 1.807) is 31.2 Å². The molecule has 0 unspecified atom stereocenters. The van der Waals surface area contributed by atoms with E-state index in [1.807, 2.05) is 6.07 Å². The third-order valence-corrected chi connectivity index (χ3v) is 6.90. The highest BCUT2D eigenvalue weighted by Gasteiger charge is 2.70. The Balaban J connectivity index is 1.79. The monoisotopic (exact) mass is 383 g/mol. The van der Waals surface area contributed by atoms with Crippen LogP contribution in [0, 0.1) is 5.92 Å². The SMILES string of the molecule is C[C@@H]1[C@H](c2ccccc2)[C@]1(NS(=O)(=O)N1CCN(C(=O)O)CC1)C(=O)O. The molecule has 1 amide bonds. The number of amides is 1. The van der Waals surface area contributed by atoms with Crippen LogP contribution in [0.1, 0.15) is 18.4 Å². The van der Waals surface area contributed by atoms with Crippen LogP contribution in [-0.4, -0.2) is 71.6 Å². The number of hydrogen-bond donors (Lipinski definition) is 3. The summed E-state index contributed by atoms with van der Waals surface area (Å²) >= 11 is 0. The van der Waals surface area contributed by atoms with Gasteiger partial charge in [-0.1, -0.05) is 37.3 Å². The smallest absolute Gasteiger partial charge is 0.407 e. The molecule has 1 saturated carbocycles. The van der Waals surface area contributed by atoms with Crippen molar-refractivity contribution in [2.75, 3.05) is 26.2 Å². The van der Waals surface area contributed by atoms with Crippen molar-refractivity contribution in [2.24, 2.45) is 5.92 Å². The van der Waals surface area contributed by atoms with E-state index in [0.29, 0.717) is 0 Å². The molecular weight excluding hydrogens is 362 g/mol. The second-order valence-electron chi connectivity index (χ2n) is 6.63. The Morgan fingerprint density at radius 2 is 1.69 bits per heavy atom. The number of nitrogens with zero attached hydrogens (tertiary/aromatic N) is 2. The molecular formula is C16H21N3O6S. The highest BCUT2D eigenvalue weighted by Crippen LogP contribution is 2.57. The Hall–Kier alpha value is -2.17. The molecule has 0 bridgehead atoms. The molecule has 1 saturated heterocycles. The van der Waals surface area contributed by atoms with Crippen molar-refractivity contribution in [3.63, 3.8) is 0 Å². The van der Waals surface area contributed by atoms with Gasteiger partial charge in [0.15, 0.2) is 0 Å². The summed E-state index contributed by atoms with van der Waals surface area (Å²) in [6.07, 6.45) is -1.10. The van der Waals surface area contributed by atoms with Crippen LogP contribution in [0.25, 0.3) is 0 Å². The molecule has 1 heterocycles. The molecule has 0 aromatic heterocycles. The van der Waals surface area contributed by atoms with Gasteiger partial charge < -0.3 is 15.1 Å². The minimum Gasteiger partial charge on any atom is -0.480 e. The molecule has 3 N–H and O–H groups in total. The highest BCUT2D eigenvalue weighted by atomic mass is 32.2. The van der Waals surface area contributed by atoms with Crippen LogP contribution in [0.2, 0.25) is 0 Å². The van der Waals surface area contributed by atoms with Crippen molar-refractivity contribution in [2.45, 2.75) is 18.4 Å². The largest absolute Gasteiger partial charge is 0.480 e. The van der Waals surface area contributed by atoms with Gasteiger partial charge in [-0.2, -0.15) is 17.4 Å². The summed E-state index contributed by atoms with van der Waals surface area (Å²) in [5, 5.41) is 18.7. The van der Waals surface area contributed by atoms with Gasteiger partial charge in [-0.15, -0.1) is 0 Å². The molecule has 1 aromatic rings. The average molecular weight is 383 g/mol. The summed E-state index contributed by atoms with van der Waals surface area (Å²) in [6, 6.07) is 8.95. The predicted molar refractivity (Wildman–Crippen MR) is 91.9 cm³/mol. The molecule has 1 aliphatic heterocycles. The van der Waals surface area contributed by atoms with Gasteiger partial charge in [0.2, 0.25) is 0 Å². The second kappa shape index (κ2) is 6.53. The van der Waals surface area contributed by atoms with E-state index in [2.05, 4.69) is 4.72 Å². The Kier molecular flexibility index (Phi) is 4.67. The number of benzene rings is 1. The molecule has 0 radical (unpaired) electrons. The molecule has 9 nitrogen and oxygen atoms in total. The maximum absolute atomic E-state index is 12.7. The van der Waals surface area contributed by atoms with Crippen molar-refractivity contribution in [3.8, 4) is 0 Å². The summed E-state index contributed by atoms with van der Waals surface area (Å²) < 4.78 is 28.9. The van der Waals surface area contributed by atoms with Crippen LogP contribution in [0.5, 0.6) is 0 Å². The zero-order chi connectivity index (χ0) is 19.1. The van der Waals surface area contributed by atoms with E-state index < -0.39 is 39.6 Å². The molecule has 1 aromatic carbocycles. The standard InChI is InChI=1S/C16H21N3O6S/c1-11-13(12-5-3-2-4-6-12)16(11,14(20)21)17-26(24,25)19-9-7-18(8-10-19)15(22)23/h2-6,11,13,17H,7-10H2,1H3,(H,20,21)(H,22,23)/t11-,13-,16+/m1/s1. The van der Waals surface area contributed by atoms with Gasteiger partial charge in [0.05, 0.1) is 0 Å². The summed E-state index contributed by atoms with van der Waals surface area (Å²) in [4.78, 5) is 24.0. The van der Waals surface area contributed by atoms with E-state index in [1.165, 1.54) is 0 Å². The van der Waals surface area contributed by atoms with Gasteiger partial charge in [-0.3, -0.25) is 4.79 Å². The van der Waals surface area contributed by atoms with E-state index >= 15 is 0 Å². The number of piperazine rings is 1. The number of nitrogens with one attached hydrogen (secondary N) is 1. The molecule has 2 fully saturated rings. The molecule has 3 rings (SSSR count). The summed E-state index contributed by atoms with van der Waals surface area (Å²) in [7, 11) is -4.06. The molecule has 2 aliphatic rings. The number of aliphatic carboxylic acids is 1. The number of hydrogen-bond acceptors (Lipinski definition) is 4. The minimum atomic E-state index is -4.06. The average Bonchev–Trinajstić information content (AvgIpc) is 3.20.